The van der Waals surface area contributed by atoms with Crippen LogP contribution in [0.1, 0.15) is 72.2 Å². The molecule has 1 aliphatic carbocycles. The van der Waals surface area contributed by atoms with Crippen LogP contribution >= 0.6 is 0 Å². The average molecular weight is 551 g/mol. The summed E-state index contributed by atoms with van der Waals surface area (Å²) < 4.78 is 33.4. The summed E-state index contributed by atoms with van der Waals surface area (Å²) >= 11 is 0. The average Bonchev–Trinajstić information content (AvgIpc) is 3.53. The molecule has 6 rings (SSSR count). The van der Waals surface area contributed by atoms with Gasteiger partial charge in [-0.1, -0.05) is 18.9 Å². The van der Waals surface area contributed by atoms with E-state index in [4.69, 9.17) is 9.72 Å². The molecular weight excluding hydrogens is 514 g/mol. The number of carbonyl (C=O) groups is 1. The molecule has 40 heavy (non-hydrogen) atoms. The van der Waals surface area contributed by atoms with Crippen LogP contribution in [-0.2, 0) is 4.74 Å². The van der Waals surface area contributed by atoms with Crippen molar-refractivity contribution in [2.75, 3.05) is 50.8 Å². The Kier molecular flexibility index (Phi) is 7.89. The van der Waals surface area contributed by atoms with E-state index in [1.807, 2.05) is 41.6 Å². The lowest BCUT2D eigenvalue weighted by atomic mass is 10.0. The smallest absolute Gasteiger partial charge is 0.252 e. The van der Waals surface area contributed by atoms with E-state index in [2.05, 4.69) is 20.2 Å². The van der Waals surface area contributed by atoms with Crippen molar-refractivity contribution in [1.82, 2.24) is 25.2 Å². The monoisotopic (exact) mass is 550 g/mol. The second kappa shape index (κ2) is 11.7. The van der Waals surface area contributed by atoms with E-state index < -0.39 is 5.92 Å². The van der Waals surface area contributed by atoms with Gasteiger partial charge in [0.05, 0.1) is 24.8 Å². The number of nitrogens with zero attached hydrogens (tertiary/aromatic N) is 5. The summed E-state index contributed by atoms with van der Waals surface area (Å²) in [6.45, 7) is 3.69. The minimum Gasteiger partial charge on any atom is -0.378 e. The van der Waals surface area contributed by atoms with Gasteiger partial charge in [-0.15, -0.1) is 0 Å². The minimum atomic E-state index is -2.65. The Morgan fingerprint density at radius 3 is 2.48 bits per heavy atom. The Hall–Kier alpha value is -3.24. The number of carbonyl (C=O) groups excluding carboxylic acids is 1. The second-order valence-corrected chi connectivity index (χ2v) is 11.1. The molecule has 2 saturated heterocycles. The fourth-order valence-corrected chi connectivity index (χ4v) is 6.13. The predicted molar refractivity (Wildman–Crippen MR) is 149 cm³/mol. The van der Waals surface area contributed by atoms with Gasteiger partial charge in [0.25, 0.3) is 11.8 Å². The molecule has 8 nitrogen and oxygen atoms in total. The maximum absolute atomic E-state index is 14.0. The molecule has 2 aliphatic heterocycles. The van der Waals surface area contributed by atoms with Crippen LogP contribution in [0.4, 0.5) is 14.6 Å². The highest BCUT2D eigenvalue weighted by molar-refractivity contribution is 6.06. The Labute approximate surface area is 233 Å². The van der Waals surface area contributed by atoms with Gasteiger partial charge in [-0.05, 0) is 37.1 Å². The zero-order valence-corrected chi connectivity index (χ0v) is 22.7. The molecule has 0 radical (unpaired) electrons. The molecule has 1 unspecified atom stereocenters. The number of aromatic nitrogens is 3. The molecule has 3 fully saturated rings. The number of morpholine rings is 1. The molecular formula is C30H36F2N6O2. The summed E-state index contributed by atoms with van der Waals surface area (Å²) in [6, 6.07) is 9.15. The van der Waals surface area contributed by atoms with E-state index in [0.717, 1.165) is 54.0 Å². The van der Waals surface area contributed by atoms with Gasteiger partial charge in [0.1, 0.15) is 11.6 Å². The molecule has 0 spiro atoms. The first-order chi connectivity index (χ1) is 19.5. The van der Waals surface area contributed by atoms with E-state index in [-0.39, 0.29) is 44.4 Å². The Balaban J connectivity index is 1.20. The van der Waals surface area contributed by atoms with E-state index in [1.165, 1.54) is 12.8 Å². The summed E-state index contributed by atoms with van der Waals surface area (Å²) in [5.74, 6) is -0.749. The van der Waals surface area contributed by atoms with Gasteiger partial charge in [-0.2, -0.15) is 0 Å². The molecule has 1 atom stereocenters. The summed E-state index contributed by atoms with van der Waals surface area (Å²) in [5.41, 5.74) is 2.12. The van der Waals surface area contributed by atoms with Gasteiger partial charge in [0.15, 0.2) is 0 Å². The molecule has 0 bridgehead atoms. The predicted octanol–water partition coefficient (Wildman–Crippen LogP) is 4.72. The van der Waals surface area contributed by atoms with Crippen molar-refractivity contribution in [3.63, 3.8) is 0 Å². The zero-order chi connectivity index (χ0) is 27.5. The van der Waals surface area contributed by atoms with Crippen LogP contribution in [0.2, 0.25) is 0 Å². The topological polar surface area (TPSA) is 83.5 Å². The first-order valence-corrected chi connectivity index (χ1v) is 14.4. The molecule has 1 N–H and O–H groups in total. The van der Waals surface area contributed by atoms with Crippen molar-refractivity contribution in [3.8, 4) is 0 Å². The van der Waals surface area contributed by atoms with Crippen molar-refractivity contribution in [2.45, 2.75) is 56.4 Å². The summed E-state index contributed by atoms with van der Waals surface area (Å²) in [6.07, 6.45) is 7.85. The molecule has 1 amide bonds. The van der Waals surface area contributed by atoms with Gasteiger partial charge >= 0.3 is 0 Å². The lowest BCUT2D eigenvalue weighted by molar-refractivity contribution is -0.0632. The van der Waals surface area contributed by atoms with Crippen LogP contribution < -0.4 is 10.2 Å². The first-order valence-electron chi connectivity index (χ1n) is 14.4. The molecule has 212 valence electrons. The number of piperidine rings is 1. The van der Waals surface area contributed by atoms with Crippen molar-refractivity contribution in [2.24, 2.45) is 0 Å². The maximum Gasteiger partial charge on any atom is 0.252 e. The van der Waals surface area contributed by atoms with E-state index in [1.54, 1.807) is 6.07 Å². The number of halogens is 2. The number of nitrogens with one attached hydrogen (secondary N) is 1. The number of hydrogen-bond acceptors (Lipinski definition) is 7. The Morgan fingerprint density at radius 1 is 1.02 bits per heavy atom. The summed E-state index contributed by atoms with van der Waals surface area (Å²) in [5, 5.41) is 3.85. The third-order valence-corrected chi connectivity index (χ3v) is 8.52. The van der Waals surface area contributed by atoms with Crippen molar-refractivity contribution in [3.05, 3.63) is 59.7 Å². The van der Waals surface area contributed by atoms with Gasteiger partial charge in [-0.3, -0.25) is 9.69 Å². The van der Waals surface area contributed by atoms with Crippen LogP contribution in [0, 0.1) is 0 Å². The molecule has 1 saturated carbocycles. The second-order valence-electron chi connectivity index (χ2n) is 11.1. The van der Waals surface area contributed by atoms with Crippen LogP contribution in [0.5, 0.6) is 0 Å². The third kappa shape index (κ3) is 5.93. The number of amides is 1. The standard InChI is InChI=1S/C30H36F2N6O2/c31-30(32)10-12-37(13-11-30)26(22-18-33-28(34-19-22)21-4-1-2-5-21)20-35-29(39)24-6-3-7-25-23(24)8-9-27(36-25)38-14-16-40-17-15-38/h3,6-9,18-19,21,26H,1-2,4-5,10-17,20H2,(H,35,39). The fourth-order valence-electron chi connectivity index (χ4n) is 6.13. The third-order valence-electron chi connectivity index (χ3n) is 8.52. The lowest BCUT2D eigenvalue weighted by Crippen LogP contribution is -2.45. The van der Waals surface area contributed by atoms with E-state index in [9.17, 15) is 13.6 Å². The number of likely N-dealkylation sites (tertiary alicyclic amines) is 1. The van der Waals surface area contributed by atoms with Crippen LogP contribution in [0.3, 0.4) is 0 Å². The fraction of sp³-hybridized carbons (Fsp3) is 0.533. The summed E-state index contributed by atoms with van der Waals surface area (Å²) in [7, 11) is 0. The first kappa shape index (κ1) is 27.0. The molecule has 3 aromatic rings. The maximum atomic E-state index is 14.0. The largest absolute Gasteiger partial charge is 0.378 e. The minimum absolute atomic E-state index is 0.196. The van der Waals surface area contributed by atoms with Crippen LogP contribution in [-0.4, -0.2) is 77.6 Å². The number of alkyl halides is 2. The van der Waals surface area contributed by atoms with Crippen molar-refractivity contribution >= 4 is 22.6 Å². The van der Waals surface area contributed by atoms with Crippen LogP contribution in [0.15, 0.2) is 42.7 Å². The lowest BCUT2D eigenvalue weighted by Gasteiger charge is -2.37. The summed E-state index contributed by atoms with van der Waals surface area (Å²) in [4.78, 5) is 31.8. The highest BCUT2D eigenvalue weighted by Gasteiger charge is 2.37. The number of hydrogen-bond donors (Lipinski definition) is 1. The van der Waals surface area contributed by atoms with Gasteiger partial charge < -0.3 is 15.0 Å². The quantitative estimate of drug-likeness (QED) is 0.456. The van der Waals surface area contributed by atoms with Crippen molar-refractivity contribution < 1.29 is 18.3 Å². The number of rotatable bonds is 7. The normalized spacial score (nSPS) is 21.0. The van der Waals surface area contributed by atoms with Gasteiger partial charge in [-0.25, -0.2) is 23.7 Å². The molecule has 3 aliphatic rings. The van der Waals surface area contributed by atoms with Crippen molar-refractivity contribution in [1.29, 1.82) is 0 Å². The van der Waals surface area contributed by atoms with Gasteiger partial charge in [0, 0.05) is 80.4 Å². The van der Waals surface area contributed by atoms with E-state index >= 15 is 0 Å². The number of anilines is 1. The Morgan fingerprint density at radius 2 is 1.75 bits per heavy atom. The number of fused-ring (bicyclic) bond motifs is 1. The van der Waals surface area contributed by atoms with Gasteiger partial charge in [0.2, 0.25) is 0 Å². The zero-order valence-electron chi connectivity index (χ0n) is 22.7. The number of ether oxygens (including phenoxy) is 1. The number of benzene rings is 1. The molecule has 2 aromatic heterocycles. The molecule has 10 heteroatoms. The van der Waals surface area contributed by atoms with E-state index in [0.29, 0.717) is 24.7 Å². The van der Waals surface area contributed by atoms with Crippen LogP contribution in [0.25, 0.3) is 10.9 Å². The highest BCUT2D eigenvalue weighted by atomic mass is 19.3. The number of pyridine rings is 1. The highest BCUT2D eigenvalue weighted by Crippen LogP contribution is 2.34. The Bertz CT molecular complexity index is 1320. The molecule has 4 heterocycles. The SMILES string of the molecule is O=C(NCC(c1cnc(C2CCCC2)nc1)N1CCC(F)(F)CC1)c1cccc2nc(N3CCOCC3)ccc12. The molecule has 1 aromatic carbocycles.